The van der Waals surface area contributed by atoms with Crippen LogP contribution in [0.3, 0.4) is 0 Å². The van der Waals surface area contributed by atoms with Gasteiger partial charge in [-0.25, -0.2) is 8.78 Å². The average molecular weight is 290 g/mol. The first-order valence-electron chi connectivity index (χ1n) is 5.22. The predicted octanol–water partition coefficient (Wildman–Crippen LogP) is 3.46. The van der Waals surface area contributed by atoms with Crippen LogP contribution in [0, 0.1) is 0 Å². The van der Waals surface area contributed by atoms with Crippen molar-refractivity contribution in [2.75, 3.05) is 11.9 Å². The van der Waals surface area contributed by atoms with E-state index in [1.165, 1.54) is 11.3 Å². The summed E-state index contributed by atoms with van der Waals surface area (Å²) in [6.07, 6.45) is -1.78. The molecule has 0 bridgehead atoms. The second-order valence-corrected chi connectivity index (χ2v) is 5.07. The molecular weight excluding hydrogens is 280 g/mol. The number of benzene rings is 1. The van der Waals surface area contributed by atoms with Gasteiger partial charge in [0.1, 0.15) is 5.01 Å². The number of alkyl halides is 2. The van der Waals surface area contributed by atoms with E-state index in [0.29, 0.717) is 16.6 Å². The summed E-state index contributed by atoms with van der Waals surface area (Å²) < 4.78 is 24.0. The molecule has 0 unspecified atom stereocenters. The van der Waals surface area contributed by atoms with Gasteiger partial charge in [-0.15, -0.1) is 10.2 Å². The monoisotopic (exact) mass is 289 g/mol. The van der Waals surface area contributed by atoms with Crippen LogP contribution in [0.15, 0.2) is 24.3 Å². The van der Waals surface area contributed by atoms with Gasteiger partial charge in [-0.3, -0.25) is 0 Å². The average Bonchev–Trinajstić information content (AvgIpc) is 2.77. The molecule has 0 radical (unpaired) electrons. The minimum atomic E-state index is -2.39. The maximum absolute atomic E-state index is 12.0. The Morgan fingerprint density at radius 1 is 1.22 bits per heavy atom. The molecule has 2 aromatic rings. The van der Waals surface area contributed by atoms with Gasteiger partial charge >= 0.3 is 0 Å². The molecule has 0 atom stereocenters. The van der Waals surface area contributed by atoms with Crippen molar-refractivity contribution in [1.29, 1.82) is 0 Å². The normalized spacial score (nSPS) is 10.9. The van der Waals surface area contributed by atoms with Gasteiger partial charge in [0.25, 0.3) is 6.43 Å². The second kappa shape index (κ2) is 6.06. The molecule has 7 heteroatoms. The van der Waals surface area contributed by atoms with E-state index in [9.17, 15) is 8.78 Å². The summed E-state index contributed by atoms with van der Waals surface area (Å²) >= 11 is 7.06. The van der Waals surface area contributed by atoms with Crippen LogP contribution in [0.4, 0.5) is 13.9 Å². The van der Waals surface area contributed by atoms with Crippen molar-refractivity contribution in [3.63, 3.8) is 0 Å². The van der Waals surface area contributed by atoms with Gasteiger partial charge in [-0.05, 0) is 17.7 Å². The van der Waals surface area contributed by atoms with Crippen LogP contribution < -0.4 is 5.32 Å². The molecule has 0 saturated heterocycles. The lowest BCUT2D eigenvalue weighted by molar-refractivity contribution is 0.163. The lowest BCUT2D eigenvalue weighted by atomic mass is 10.2. The molecule has 0 aliphatic heterocycles. The van der Waals surface area contributed by atoms with E-state index in [0.717, 1.165) is 10.6 Å². The number of anilines is 1. The molecule has 0 saturated carbocycles. The second-order valence-electron chi connectivity index (χ2n) is 3.58. The lowest BCUT2D eigenvalue weighted by Crippen LogP contribution is -2.09. The summed E-state index contributed by atoms with van der Waals surface area (Å²) in [4.78, 5) is 0. The van der Waals surface area contributed by atoms with Gasteiger partial charge in [0.05, 0.1) is 6.54 Å². The molecule has 1 heterocycles. The van der Waals surface area contributed by atoms with Gasteiger partial charge in [-0.2, -0.15) is 0 Å². The SMILES string of the molecule is FC(F)CNc1nnc(Cc2ccc(Cl)cc2)s1. The number of nitrogens with zero attached hydrogens (tertiary/aromatic N) is 2. The Kier molecular flexibility index (Phi) is 4.43. The Morgan fingerprint density at radius 2 is 1.94 bits per heavy atom. The van der Waals surface area contributed by atoms with Crippen LogP contribution >= 0.6 is 22.9 Å². The van der Waals surface area contributed by atoms with Crippen LogP contribution in [0.2, 0.25) is 5.02 Å². The van der Waals surface area contributed by atoms with Gasteiger partial charge in [0.15, 0.2) is 0 Å². The number of rotatable bonds is 5. The summed E-state index contributed by atoms with van der Waals surface area (Å²) in [7, 11) is 0. The molecule has 0 spiro atoms. The molecule has 1 aromatic heterocycles. The first-order chi connectivity index (χ1) is 8.63. The van der Waals surface area contributed by atoms with E-state index in [1.54, 1.807) is 12.1 Å². The third kappa shape index (κ3) is 3.89. The fourth-order valence-electron chi connectivity index (χ4n) is 1.34. The van der Waals surface area contributed by atoms with Gasteiger partial charge in [-0.1, -0.05) is 35.1 Å². The highest BCUT2D eigenvalue weighted by molar-refractivity contribution is 7.15. The quantitative estimate of drug-likeness (QED) is 0.916. The maximum atomic E-state index is 12.0. The third-order valence-corrected chi connectivity index (χ3v) is 3.28. The van der Waals surface area contributed by atoms with Gasteiger partial charge < -0.3 is 5.32 Å². The topological polar surface area (TPSA) is 37.8 Å². The van der Waals surface area contributed by atoms with Crippen LogP contribution in [0.25, 0.3) is 0 Å². The number of halogens is 3. The minimum Gasteiger partial charge on any atom is -0.354 e. The first kappa shape index (κ1) is 13.2. The zero-order valence-corrected chi connectivity index (χ0v) is 10.8. The van der Waals surface area contributed by atoms with Crippen molar-refractivity contribution in [3.8, 4) is 0 Å². The highest BCUT2D eigenvalue weighted by Gasteiger charge is 2.07. The van der Waals surface area contributed by atoms with Crippen molar-refractivity contribution < 1.29 is 8.78 Å². The Balaban J connectivity index is 1.95. The van der Waals surface area contributed by atoms with Crippen molar-refractivity contribution >= 4 is 28.1 Å². The summed E-state index contributed by atoms with van der Waals surface area (Å²) in [6, 6.07) is 7.40. The molecule has 0 amide bonds. The van der Waals surface area contributed by atoms with E-state index >= 15 is 0 Å². The van der Waals surface area contributed by atoms with Crippen LogP contribution in [-0.2, 0) is 6.42 Å². The molecule has 96 valence electrons. The van der Waals surface area contributed by atoms with E-state index in [-0.39, 0.29) is 0 Å². The molecule has 18 heavy (non-hydrogen) atoms. The Morgan fingerprint density at radius 3 is 2.61 bits per heavy atom. The summed E-state index contributed by atoms with van der Waals surface area (Å²) in [5.74, 6) is 0. The van der Waals surface area contributed by atoms with Crippen molar-refractivity contribution in [3.05, 3.63) is 39.9 Å². The highest BCUT2D eigenvalue weighted by Crippen LogP contribution is 2.19. The zero-order valence-electron chi connectivity index (χ0n) is 9.24. The maximum Gasteiger partial charge on any atom is 0.255 e. The van der Waals surface area contributed by atoms with E-state index in [1.807, 2.05) is 12.1 Å². The van der Waals surface area contributed by atoms with Gasteiger partial charge in [0.2, 0.25) is 5.13 Å². The highest BCUT2D eigenvalue weighted by atomic mass is 35.5. The van der Waals surface area contributed by atoms with Crippen LogP contribution in [-0.4, -0.2) is 23.2 Å². The third-order valence-electron chi connectivity index (χ3n) is 2.14. The van der Waals surface area contributed by atoms with Gasteiger partial charge in [0, 0.05) is 11.4 Å². The minimum absolute atomic E-state index is 0.407. The summed E-state index contributed by atoms with van der Waals surface area (Å²) in [5.41, 5.74) is 1.05. The molecule has 0 aliphatic carbocycles. The zero-order chi connectivity index (χ0) is 13.0. The molecule has 3 nitrogen and oxygen atoms in total. The number of hydrogen-bond donors (Lipinski definition) is 1. The predicted molar refractivity (Wildman–Crippen MR) is 68.7 cm³/mol. The molecule has 1 aromatic carbocycles. The van der Waals surface area contributed by atoms with Crippen molar-refractivity contribution in [2.24, 2.45) is 0 Å². The van der Waals surface area contributed by atoms with Crippen molar-refractivity contribution in [1.82, 2.24) is 10.2 Å². The summed E-state index contributed by atoms with van der Waals surface area (Å²) in [6.45, 7) is -0.407. The fraction of sp³-hybridized carbons (Fsp3) is 0.273. The Labute approximate surface area is 112 Å². The smallest absolute Gasteiger partial charge is 0.255 e. The standard InChI is InChI=1S/C11H10ClF2N3S/c12-8-3-1-7(2-4-8)5-10-16-17-11(18-10)15-6-9(13)14/h1-4,9H,5-6H2,(H,15,17). The first-order valence-corrected chi connectivity index (χ1v) is 6.42. The van der Waals surface area contributed by atoms with E-state index in [2.05, 4.69) is 15.5 Å². The molecule has 2 rings (SSSR count). The Hall–Kier alpha value is -1.27. The van der Waals surface area contributed by atoms with E-state index < -0.39 is 13.0 Å². The largest absolute Gasteiger partial charge is 0.354 e. The number of aromatic nitrogens is 2. The van der Waals surface area contributed by atoms with E-state index in [4.69, 9.17) is 11.6 Å². The molecular formula is C11H10ClF2N3S. The Bertz CT molecular complexity index is 501. The summed E-state index contributed by atoms with van der Waals surface area (Å²) in [5, 5.41) is 12.1. The van der Waals surface area contributed by atoms with Crippen LogP contribution in [0.5, 0.6) is 0 Å². The molecule has 0 aliphatic rings. The molecule has 0 fully saturated rings. The van der Waals surface area contributed by atoms with Crippen molar-refractivity contribution in [2.45, 2.75) is 12.8 Å². The lowest BCUT2D eigenvalue weighted by Gasteiger charge is -1.98. The number of nitrogens with one attached hydrogen (secondary N) is 1. The number of hydrogen-bond acceptors (Lipinski definition) is 4. The van der Waals surface area contributed by atoms with Crippen LogP contribution in [0.1, 0.15) is 10.6 Å². The molecule has 1 N–H and O–H groups in total. The fourth-order valence-corrected chi connectivity index (χ4v) is 2.24.